The maximum absolute atomic E-state index is 9.67. The molecule has 102 valence electrons. The van der Waals surface area contributed by atoms with Gasteiger partial charge >= 0.3 is 0 Å². The van der Waals surface area contributed by atoms with Crippen molar-refractivity contribution in [3.63, 3.8) is 0 Å². The van der Waals surface area contributed by atoms with Crippen LogP contribution in [0.1, 0.15) is 56.3 Å². The van der Waals surface area contributed by atoms with Crippen molar-refractivity contribution in [3.05, 3.63) is 11.7 Å². The van der Waals surface area contributed by atoms with Crippen LogP contribution in [0.4, 0.5) is 0 Å². The van der Waals surface area contributed by atoms with Crippen molar-refractivity contribution in [2.45, 2.75) is 55.6 Å². The van der Waals surface area contributed by atoms with Crippen LogP contribution in [0.3, 0.4) is 0 Å². The Morgan fingerprint density at radius 2 is 2.17 bits per heavy atom. The predicted molar refractivity (Wildman–Crippen MR) is 71.1 cm³/mol. The van der Waals surface area contributed by atoms with Gasteiger partial charge in [-0.15, -0.1) is 0 Å². The predicted octanol–water partition coefficient (Wildman–Crippen LogP) is 2.02. The average Bonchev–Trinajstić information content (AvgIpc) is 2.87. The molecule has 1 aromatic heterocycles. The van der Waals surface area contributed by atoms with E-state index in [2.05, 4.69) is 10.1 Å². The fourth-order valence-corrected chi connectivity index (χ4v) is 3.34. The van der Waals surface area contributed by atoms with Gasteiger partial charge in [0.1, 0.15) is 6.10 Å². The van der Waals surface area contributed by atoms with E-state index in [1.165, 1.54) is 32.1 Å². The highest BCUT2D eigenvalue weighted by Gasteiger charge is 2.18. The van der Waals surface area contributed by atoms with Crippen LogP contribution >= 0.6 is 11.8 Å². The molecule has 0 radical (unpaired) electrons. The molecule has 0 spiro atoms. The van der Waals surface area contributed by atoms with E-state index in [1.807, 2.05) is 11.8 Å². The van der Waals surface area contributed by atoms with E-state index in [1.54, 1.807) is 0 Å². The van der Waals surface area contributed by atoms with Crippen LogP contribution in [0.15, 0.2) is 4.52 Å². The molecular weight excluding hydrogens is 250 g/mol. The van der Waals surface area contributed by atoms with Gasteiger partial charge in [-0.3, -0.25) is 0 Å². The third-order valence-corrected chi connectivity index (χ3v) is 4.58. The zero-order valence-electron chi connectivity index (χ0n) is 10.5. The molecule has 5 nitrogen and oxygen atoms in total. The Labute approximate surface area is 112 Å². The summed E-state index contributed by atoms with van der Waals surface area (Å²) >= 11 is 1.90. The van der Waals surface area contributed by atoms with Crippen LogP contribution < -0.4 is 5.73 Å². The Balaban J connectivity index is 1.79. The number of aliphatic hydroxyl groups is 1. The molecule has 1 aliphatic rings. The summed E-state index contributed by atoms with van der Waals surface area (Å²) in [7, 11) is 0. The lowest BCUT2D eigenvalue weighted by Gasteiger charge is -2.19. The zero-order valence-corrected chi connectivity index (χ0v) is 11.4. The lowest BCUT2D eigenvalue weighted by molar-refractivity contribution is 0.127. The van der Waals surface area contributed by atoms with Crippen LogP contribution in [0, 0.1) is 0 Å². The van der Waals surface area contributed by atoms with Gasteiger partial charge in [0.25, 0.3) is 5.89 Å². The summed E-state index contributed by atoms with van der Waals surface area (Å²) in [5.74, 6) is 1.74. The SMILES string of the molecule is NCC[C@H](O)c1nc(CSC2CCCCC2)no1. The van der Waals surface area contributed by atoms with Gasteiger partial charge < -0.3 is 15.4 Å². The molecule has 1 heterocycles. The van der Waals surface area contributed by atoms with Crippen molar-refractivity contribution < 1.29 is 9.63 Å². The molecule has 0 aliphatic heterocycles. The first kappa shape index (κ1) is 13.8. The molecule has 1 aromatic rings. The smallest absolute Gasteiger partial charge is 0.255 e. The number of aliphatic hydroxyl groups excluding tert-OH is 1. The topological polar surface area (TPSA) is 85.2 Å². The number of thioether (sulfide) groups is 1. The molecular formula is C12H21N3O2S. The molecule has 3 N–H and O–H groups in total. The first-order valence-corrected chi connectivity index (χ1v) is 7.66. The molecule has 0 amide bonds. The Bertz CT molecular complexity index is 353. The summed E-state index contributed by atoms with van der Waals surface area (Å²) < 4.78 is 5.04. The van der Waals surface area contributed by atoms with E-state index in [4.69, 9.17) is 10.3 Å². The lowest BCUT2D eigenvalue weighted by atomic mass is 10.0. The molecule has 0 aromatic carbocycles. The Kier molecular flexibility index (Phi) is 5.46. The third-order valence-electron chi connectivity index (χ3n) is 3.21. The molecule has 6 heteroatoms. The molecule has 18 heavy (non-hydrogen) atoms. The molecule has 1 aliphatic carbocycles. The Hall–Kier alpha value is -0.590. The highest BCUT2D eigenvalue weighted by molar-refractivity contribution is 7.99. The number of nitrogens with two attached hydrogens (primary N) is 1. The number of hydrogen-bond donors (Lipinski definition) is 2. The normalized spacial score (nSPS) is 19.0. The van der Waals surface area contributed by atoms with E-state index in [9.17, 15) is 5.11 Å². The van der Waals surface area contributed by atoms with Gasteiger partial charge in [-0.25, -0.2) is 0 Å². The van der Waals surface area contributed by atoms with Crippen molar-refractivity contribution >= 4 is 11.8 Å². The van der Waals surface area contributed by atoms with Crippen LogP contribution in [0.5, 0.6) is 0 Å². The zero-order chi connectivity index (χ0) is 12.8. The second-order valence-electron chi connectivity index (χ2n) is 4.71. The van der Waals surface area contributed by atoms with Crippen molar-refractivity contribution in [1.82, 2.24) is 10.1 Å². The van der Waals surface area contributed by atoms with Crippen molar-refractivity contribution in [1.29, 1.82) is 0 Å². The fourth-order valence-electron chi connectivity index (χ4n) is 2.17. The van der Waals surface area contributed by atoms with E-state index >= 15 is 0 Å². The van der Waals surface area contributed by atoms with E-state index in [-0.39, 0.29) is 0 Å². The molecule has 1 fully saturated rings. The first-order chi connectivity index (χ1) is 8.79. The standard InChI is InChI=1S/C12H21N3O2S/c13-7-6-10(16)12-14-11(15-17-12)8-18-9-4-2-1-3-5-9/h9-10,16H,1-8,13H2/t10-/m0/s1. The maximum Gasteiger partial charge on any atom is 0.255 e. The molecule has 2 rings (SSSR count). The van der Waals surface area contributed by atoms with Crippen molar-refractivity contribution in [2.75, 3.05) is 6.54 Å². The minimum absolute atomic E-state index is 0.291. The molecule has 0 bridgehead atoms. The van der Waals surface area contributed by atoms with Crippen molar-refractivity contribution in [2.24, 2.45) is 5.73 Å². The molecule has 0 saturated heterocycles. The lowest BCUT2D eigenvalue weighted by Crippen LogP contribution is -2.08. The summed E-state index contributed by atoms with van der Waals surface area (Å²) in [6.07, 6.45) is 6.37. The summed E-state index contributed by atoms with van der Waals surface area (Å²) in [5, 5.41) is 14.3. The van der Waals surface area contributed by atoms with Crippen LogP contribution in [-0.4, -0.2) is 27.0 Å². The highest BCUT2D eigenvalue weighted by Crippen LogP contribution is 2.30. The quantitative estimate of drug-likeness (QED) is 0.823. The second-order valence-corrected chi connectivity index (χ2v) is 6.00. The monoisotopic (exact) mass is 271 g/mol. The fraction of sp³-hybridized carbons (Fsp3) is 0.833. The first-order valence-electron chi connectivity index (χ1n) is 6.62. The summed E-state index contributed by atoms with van der Waals surface area (Å²) in [5.41, 5.74) is 5.38. The number of aromatic nitrogens is 2. The summed E-state index contributed by atoms with van der Waals surface area (Å²) in [4.78, 5) is 4.21. The second kappa shape index (κ2) is 7.11. The Morgan fingerprint density at radius 3 is 2.89 bits per heavy atom. The van der Waals surface area contributed by atoms with E-state index < -0.39 is 6.10 Å². The highest BCUT2D eigenvalue weighted by atomic mass is 32.2. The molecule has 1 saturated carbocycles. The number of hydrogen-bond acceptors (Lipinski definition) is 6. The number of rotatable bonds is 6. The largest absolute Gasteiger partial charge is 0.383 e. The third kappa shape index (κ3) is 3.96. The van der Waals surface area contributed by atoms with Gasteiger partial charge in [0.05, 0.1) is 5.75 Å². The Morgan fingerprint density at radius 1 is 1.39 bits per heavy atom. The maximum atomic E-state index is 9.67. The van der Waals surface area contributed by atoms with Crippen LogP contribution in [0.25, 0.3) is 0 Å². The van der Waals surface area contributed by atoms with Crippen molar-refractivity contribution in [3.8, 4) is 0 Å². The molecule has 1 atom stereocenters. The van der Waals surface area contributed by atoms with Crippen LogP contribution in [-0.2, 0) is 5.75 Å². The van der Waals surface area contributed by atoms with E-state index in [0.29, 0.717) is 24.7 Å². The minimum Gasteiger partial charge on any atom is -0.383 e. The molecule has 0 unspecified atom stereocenters. The summed E-state index contributed by atoms with van der Waals surface area (Å²) in [6, 6.07) is 0. The number of nitrogens with zero attached hydrogens (tertiary/aromatic N) is 2. The van der Waals surface area contributed by atoms with E-state index in [0.717, 1.165) is 11.0 Å². The van der Waals surface area contributed by atoms with Gasteiger partial charge in [-0.05, 0) is 25.8 Å². The van der Waals surface area contributed by atoms with Gasteiger partial charge in [0, 0.05) is 5.25 Å². The average molecular weight is 271 g/mol. The minimum atomic E-state index is -0.726. The van der Waals surface area contributed by atoms with Crippen LogP contribution in [0.2, 0.25) is 0 Å². The van der Waals surface area contributed by atoms with Gasteiger partial charge in [-0.1, -0.05) is 24.4 Å². The van der Waals surface area contributed by atoms with Gasteiger partial charge in [0.15, 0.2) is 5.82 Å². The van der Waals surface area contributed by atoms with Gasteiger partial charge in [-0.2, -0.15) is 16.7 Å². The van der Waals surface area contributed by atoms with Gasteiger partial charge in [0.2, 0.25) is 0 Å². The summed E-state index contributed by atoms with van der Waals surface area (Å²) in [6.45, 7) is 0.412.